The maximum absolute atomic E-state index is 12.5. The minimum atomic E-state index is -0.134. The Morgan fingerprint density at radius 3 is 2.96 bits per heavy atom. The van der Waals surface area contributed by atoms with Gasteiger partial charge in [-0.1, -0.05) is 24.3 Å². The first-order valence-electron chi connectivity index (χ1n) is 7.53. The minimum Gasteiger partial charge on any atom is -0.423 e. The highest BCUT2D eigenvalue weighted by atomic mass is 32.2. The van der Waals surface area contributed by atoms with Crippen LogP contribution in [0, 0.1) is 13.8 Å². The van der Waals surface area contributed by atoms with E-state index in [1.165, 1.54) is 10.5 Å². The highest BCUT2D eigenvalue weighted by Crippen LogP contribution is 2.37. The highest BCUT2D eigenvalue weighted by molar-refractivity contribution is 8.01. The smallest absolute Gasteiger partial charge is 0.302 e. The molecular weight excluding hydrogens is 308 g/mol. The number of rotatable bonds is 2. The average Bonchev–Trinajstić information content (AvgIpc) is 3.10. The quantitative estimate of drug-likeness (QED) is 0.771. The Morgan fingerprint density at radius 2 is 2.13 bits per heavy atom. The number of carbonyl (C=O) groups excluding carboxylic acids is 1. The van der Waals surface area contributed by atoms with Gasteiger partial charge in [0.05, 0.1) is 5.25 Å². The molecule has 0 unspecified atom stereocenters. The number of aromatic nitrogens is 1. The molecule has 1 N–H and O–H groups in total. The van der Waals surface area contributed by atoms with Crippen LogP contribution in [0.4, 0.5) is 6.01 Å². The van der Waals surface area contributed by atoms with Gasteiger partial charge in [0.2, 0.25) is 5.91 Å². The van der Waals surface area contributed by atoms with E-state index in [1.807, 2.05) is 38.1 Å². The lowest BCUT2D eigenvalue weighted by molar-refractivity contribution is -0.115. The summed E-state index contributed by atoms with van der Waals surface area (Å²) in [6.07, 6.45) is 0.741. The van der Waals surface area contributed by atoms with Gasteiger partial charge in [-0.05, 0) is 49.1 Å². The van der Waals surface area contributed by atoms with Crippen molar-refractivity contribution in [3.8, 4) is 0 Å². The second-order valence-electron chi connectivity index (χ2n) is 5.86. The number of thioether (sulfide) groups is 1. The maximum Gasteiger partial charge on any atom is 0.302 e. The minimum absolute atomic E-state index is 0.0628. The molecule has 0 spiro atoms. The monoisotopic (exact) mass is 324 g/mol. The Labute approximate surface area is 138 Å². The van der Waals surface area contributed by atoms with Crippen molar-refractivity contribution < 1.29 is 9.21 Å². The molecule has 1 aromatic heterocycles. The van der Waals surface area contributed by atoms with Crippen molar-refractivity contribution in [3.05, 3.63) is 53.1 Å². The molecule has 0 saturated heterocycles. The molecule has 0 bridgehead atoms. The van der Waals surface area contributed by atoms with Gasteiger partial charge in [0, 0.05) is 4.90 Å². The molecule has 2 aromatic carbocycles. The number of nitrogens with zero attached hydrogens (tertiary/aromatic N) is 1. The number of carbonyl (C=O) groups is 1. The van der Waals surface area contributed by atoms with Crippen LogP contribution >= 0.6 is 11.8 Å². The second kappa shape index (κ2) is 5.42. The molecule has 23 heavy (non-hydrogen) atoms. The summed E-state index contributed by atoms with van der Waals surface area (Å²) in [4.78, 5) is 18.0. The molecular formula is C18H16N2O2S. The predicted molar refractivity (Wildman–Crippen MR) is 91.9 cm³/mol. The summed E-state index contributed by atoms with van der Waals surface area (Å²) in [5.41, 5.74) is 4.88. The van der Waals surface area contributed by atoms with Crippen molar-refractivity contribution in [2.24, 2.45) is 0 Å². The molecule has 5 heteroatoms. The summed E-state index contributed by atoms with van der Waals surface area (Å²) in [7, 11) is 0. The van der Waals surface area contributed by atoms with Gasteiger partial charge in [-0.15, -0.1) is 11.8 Å². The molecule has 0 radical (unpaired) electrons. The largest absolute Gasteiger partial charge is 0.423 e. The molecule has 1 aliphatic rings. The van der Waals surface area contributed by atoms with E-state index in [2.05, 4.69) is 22.4 Å². The SMILES string of the molecule is Cc1cc(C)c2oc(NC(=O)[C@@H]3Cc4ccccc4S3)nc2c1. The number of amides is 1. The standard InChI is InChI=1S/C18H16N2O2S/c1-10-7-11(2)16-13(8-10)19-18(22-16)20-17(21)15-9-12-5-3-4-6-14(12)23-15/h3-8,15H,9H2,1-2H3,(H,19,20,21)/t15-/m0/s1. The van der Waals surface area contributed by atoms with Crippen LogP contribution in [0.3, 0.4) is 0 Å². The van der Waals surface area contributed by atoms with Crippen molar-refractivity contribution in [1.82, 2.24) is 4.98 Å². The molecule has 116 valence electrons. The Bertz CT molecular complexity index is 892. The Hall–Kier alpha value is -2.27. The van der Waals surface area contributed by atoms with Gasteiger partial charge in [-0.3, -0.25) is 10.1 Å². The Balaban J connectivity index is 1.55. The zero-order valence-corrected chi connectivity index (χ0v) is 13.7. The number of anilines is 1. The Kier molecular flexibility index (Phi) is 3.38. The number of aryl methyl sites for hydroxylation is 2. The molecule has 0 fully saturated rings. The lowest BCUT2D eigenvalue weighted by atomic mass is 10.1. The topological polar surface area (TPSA) is 55.1 Å². The molecule has 1 atom stereocenters. The average molecular weight is 324 g/mol. The van der Waals surface area contributed by atoms with E-state index in [0.29, 0.717) is 0 Å². The number of hydrogen-bond donors (Lipinski definition) is 1. The molecule has 4 nitrogen and oxygen atoms in total. The summed E-state index contributed by atoms with van der Waals surface area (Å²) in [6, 6.07) is 12.4. The first-order chi connectivity index (χ1) is 11.1. The van der Waals surface area contributed by atoms with E-state index in [9.17, 15) is 4.79 Å². The van der Waals surface area contributed by atoms with Gasteiger partial charge < -0.3 is 4.42 Å². The molecule has 4 rings (SSSR count). The van der Waals surface area contributed by atoms with Crippen LogP contribution < -0.4 is 5.32 Å². The molecule has 2 heterocycles. The second-order valence-corrected chi connectivity index (χ2v) is 7.10. The zero-order valence-electron chi connectivity index (χ0n) is 12.9. The number of fused-ring (bicyclic) bond motifs is 2. The highest BCUT2D eigenvalue weighted by Gasteiger charge is 2.28. The number of hydrogen-bond acceptors (Lipinski definition) is 4. The summed E-state index contributed by atoms with van der Waals surface area (Å²) in [5, 5.41) is 2.68. The van der Waals surface area contributed by atoms with Crippen LogP contribution in [0.1, 0.15) is 16.7 Å². The van der Waals surface area contributed by atoms with Crippen LogP contribution in [0.25, 0.3) is 11.1 Å². The van der Waals surface area contributed by atoms with E-state index in [4.69, 9.17) is 4.42 Å². The summed E-state index contributed by atoms with van der Waals surface area (Å²) in [5.74, 6) is -0.0628. The summed E-state index contributed by atoms with van der Waals surface area (Å²) < 4.78 is 5.71. The molecule has 1 amide bonds. The van der Waals surface area contributed by atoms with Crippen molar-refractivity contribution >= 4 is 34.8 Å². The summed E-state index contributed by atoms with van der Waals surface area (Å²) >= 11 is 1.59. The first-order valence-corrected chi connectivity index (χ1v) is 8.41. The van der Waals surface area contributed by atoms with Crippen molar-refractivity contribution in [2.45, 2.75) is 30.4 Å². The van der Waals surface area contributed by atoms with E-state index in [1.54, 1.807) is 11.8 Å². The fourth-order valence-corrected chi connectivity index (χ4v) is 4.14. The van der Waals surface area contributed by atoms with Gasteiger partial charge in [0.15, 0.2) is 5.58 Å². The zero-order chi connectivity index (χ0) is 16.0. The normalized spacial score (nSPS) is 16.5. The fourth-order valence-electron chi connectivity index (χ4n) is 2.94. The van der Waals surface area contributed by atoms with Crippen LogP contribution in [0.2, 0.25) is 0 Å². The van der Waals surface area contributed by atoms with Crippen LogP contribution in [0.5, 0.6) is 0 Å². The van der Waals surface area contributed by atoms with Gasteiger partial charge in [-0.2, -0.15) is 4.98 Å². The van der Waals surface area contributed by atoms with Crippen LogP contribution in [-0.2, 0) is 11.2 Å². The third-order valence-electron chi connectivity index (χ3n) is 3.99. The van der Waals surface area contributed by atoms with E-state index in [0.717, 1.165) is 28.6 Å². The predicted octanol–water partition coefficient (Wildman–Crippen LogP) is 4.10. The maximum atomic E-state index is 12.5. The van der Waals surface area contributed by atoms with Crippen molar-refractivity contribution in [1.29, 1.82) is 0 Å². The Morgan fingerprint density at radius 1 is 1.30 bits per heavy atom. The lowest BCUT2D eigenvalue weighted by Gasteiger charge is -2.06. The van der Waals surface area contributed by atoms with E-state index < -0.39 is 0 Å². The third-order valence-corrected chi connectivity index (χ3v) is 5.31. The molecule has 0 saturated carbocycles. The van der Waals surface area contributed by atoms with Crippen molar-refractivity contribution in [3.63, 3.8) is 0 Å². The van der Waals surface area contributed by atoms with E-state index in [-0.39, 0.29) is 17.2 Å². The molecule has 3 aromatic rings. The van der Waals surface area contributed by atoms with Crippen LogP contribution in [0.15, 0.2) is 45.7 Å². The van der Waals surface area contributed by atoms with Crippen LogP contribution in [-0.4, -0.2) is 16.1 Å². The fraction of sp³-hybridized carbons (Fsp3) is 0.222. The van der Waals surface area contributed by atoms with Gasteiger partial charge in [0.1, 0.15) is 5.52 Å². The van der Waals surface area contributed by atoms with Crippen molar-refractivity contribution in [2.75, 3.05) is 5.32 Å². The number of oxazole rings is 1. The molecule has 1 aliphatic heterocycles. The summed E-state index contributed by atoms with van der Waals surface area (Å²) in [6.45, 7) is 4.00. The van der Waals surface area contributed by atoms with Gasteiger partial charge in [0.25, 0.3) is 0 Å². The van der Waals surface area contributed by atoms with Gasteiger partial charge >= 0.3 is 6.01 Å². The lowest BCUT2D eigenvalue weighted by Crippen LogP contribution is -2.24. The van der Waals surface area contributed by atoms with Gasteiger partial charge in [-0.25, -0.2) is 0 Å². The molecule has 0 aliphatic carbocycles. The number of benzene rings is 2. The first kappa shape index (κ1) is 14.3. The number of nitrogens with one attached hydrogen (secondary N) is 1. The third kappa shape index (κ3) is 2.61. The van der Waals surface area contributed by atoms with E-state index >= 15 is 0 Å².